The van der Waals surface area contributed by atoms with Crippen LogP contribution in [0.5, 0.6) is 0 Å². The van der Waals surface area contributed by atoms with Crippen LogP contribution in [0.4, 0.5) is 0 Å². The molecule has 2 rings (SSSR count). The smallest absolute Gasteiger partial charge is 0.0915 e. The molecule has 2 nitrogen and oxygen atoms in total. The summed E-state index contributed by atoms with van der Waals surface area (Å²) >= 11 is 0. The van der Waals surface area contributed by atoms with Crippen LogP contribution in [0, 0.1) is 0 Å². The molecule has 0 saturated carbocycles. The van der Waals surface area contributed by atoms with E-state index in [1.165, 1.54) is 16.6 Å². The average Bonchev–Trinajstić information content (AvgIpc) is 2.56. The summed E-state index contributed by atoms with van der Waals surface area (Å²) in [6.07, 6.45) is 5.24. The lowest BCUT2D eigenvalue weighted by atomic mass is 10.1. The van der Waals surface area contributed by atoms with E-state index in [1.54, 1.807) is 0 Å². The van der Waals surface area contributed by atoms with Crippen molar-refractivity contribution in [3.05, 3.63) is 29.6 Å². The van der Waals surface area contributed by atoms with Gasteiger partial charge in [0.05, 0.1) is 11.0 Å². The summed E-state index contributed by atoms with van der Waals surface area (Å²) in [5.41, 5.74) is 5.05. The Hall–Kier alpha value is -1.31. The molecule has 0 unspecified atom stereocenters. The first kappa shape index (κ1) is 10.2. The van der Waals surface area contributed by atoms with Crippen molar-refractivity contribution in [2.45, 2.75) is 33.1 Å². The maximum Gasteiger partial charge on any atom is 0.0915 e. The third kappa shape index (κ3) is 1.65. The zero-order chi connectivity index (χ0) is 11.0. The van der Waals surface area contributed by atoms with Crippen molar-refractivity contribution in [3.8, 4) is 0 Å². The van der Waals surface area contributed by atoms with Crippen LogP contribution in [-0.4, -0.2) is 9.55 Å². The van der Waals surface area contributed by atoms with Gasteiger partial charge in [0.25, 0.3) is 0 Å². The monoisotopic (exact) mass is 202 g/mol. The Balaban J connectivity index is 2.69. The molecular formula is C13H18N2. The first-order valence-corrected chi connectivity index (χ1v) is 5.57. The molecule has 80 valence electrons. The predicted octanol–water partition coefficient (Wildman–Crippen LogP) is 3.26. The van der Waals surface area contributed by atoms with E-state index < -0.39 is 0 Å². The summed E-state index contributed by atoms with van der Waals surface area (Å²) < 4.78 is 2.18. The van der Waals surface area contributed by atoms with Gasteiger partial charge < -0.3 is 4.57 Å². The number of aromatic nitrogens is 2. The number of hydrogen-bond donors (Lipinski definition) is 0. The number of pyridine rings is 1. The van der Waals surface area contributed by atoms with Crippen LogP contribution in [0.15, 0.2) is 18.5 Å². The van der Waals surface area contributed by atoms with E-state index in [2.05, 4.69) is 49.6 Å². The van der Waals surface area contributed by atoms with Gasteiger partial charge in [0.2, 0.25) is 0 Å². The maximum absolute atomic E-state index is 4.57. The number of nitrogens with zero attached hydrogens (tertiary/aromatic N) is 2. The van der Waals surface area contributed by atoms with E-state index in [9.17, 15) is 0 Å². The molecule has 2 aromatic rings. The minimum absolute atomic E-state index is 0.536. The molecule has 15 heavy (non-hydrogen) atoms. The second kappa shape index (κ2) is 3.69. The lowest BCUT2D eigenvalue weighted by Gasteiger charge is -2.01. The van der Waals surface area contributed by atoms with Gasteiger partial charge in [-0.05, 0) is 29.5 Å². The zero-order valence-electron chi connectivity index (χ0n) is 9.91. The topological polar surface area (TPSA) is 17.8 Å². The Bertz CT molecular complexity index is 480. The second-order valence-corrected chi connectivity index (χ2v) is 4.41. The Morgan fingerprint density at radius 1 is 1.40 bits per heavy atom. The molecule has 0 saturated heterocycles. The number of fused-ring (bicyclic) bond motifs is 1. The molecule has 0 fully saturated rings. The van der Waals surface area contributed by atoms with Crippen LogP contribution in [0.2, 0.25) is 0 Å². The molecule has 0 spiro atoms. The van der Waals surface area contributed by atoms with Crippen molar-refractivity contribution in [1.29, 1.82) is 0 Å². The summed E-state index contributed by atoms with van der Waals surface area (Å²) in [5, 5.41) is 0. The van der Waals surface area contributed by atoms with Gasteiger partial charge in [0, 0.05) is 19.4 Å². The highest BCUT2D eigenvalue weighted by Crippen LogP contribution is 2.25. The Morgan fingerprint density at radius 2 is 2.13 bits per heavy atom. The van der Waals surface area contributed by atoms with E-state index in [1.807, 2.05) is 6.20 Å². The fraction of sp³-hybridized carbons (Fsp3) is 0.462. The highest BCUT2D eigenvalue weighted by atomic mass is 14.9. The summed E-state index contributed by atoms with van der Waals surface area (Å²) in [5.74, 6) is 0.536. The molecule has 2 heteroatoms. The summed E-state index contributed by atoms with van der Waals surface area (Å²) in [7, 11) is 2.09. The van der Waals surface area contributed by atoms with Crippen molar-refractivity contribution >= 4 is 11.0 Å². The predicted molar refractivity (Wildman–Crippen MR) is 64.2 cm³/mol. The van der Waals surface area contributed by atoms with Crippen LogP contribution in [0.1, 0.15) is 37.8 Å². The van der Waals surface area contributed by atoms with E-state index in [4.69, 9.17) is 0 Å². The van der Waals surface area contributed by atoms with Crippen molar-refractivity contribution < 1.29 is 0 Å². The molecule has 0 bridgehead atoms. The first-order chi connectivity index (χ1) is 7.13. The maximum atomic E-state index is 4.57. The SMILES string of the molecule is CCc1cnc2c(C(C)C)cn(C)c2c1. The summed E-state index contributed by atoms with van der Waals surface area (Å²) in [4.78, 5) is 4.57. The standard InChI is InChI=1S/C13H18N2/c1-5-10-6-12-13(14-7-10)11(9(2)3)8-15(12)4/h6-9H,5H2,1-4H3. The number of hydrogen-bond acceptors (Lipinski definition) is 1. The molecule has 2 aromatic heterocycles. The highest BCUT2D eigenvalue weighted by molar-refractivity contribution is 5.80. The van der Waals surface area contributed by atoms with Crippen LogP contribution < -0.4 is 0 Å². The molecule has 0 N–H and O–H groups in total. The molecule has 0 aliphatic heterocycles. The summed E-state index contributed by atoms with van der Waals surface area (Å²) in [6.45, 7) is 6.59. The molecule has 0 aliphatic rings. The Morgan fingerprint density at radius 3 is 2.73 bits per heavy atom. The first-order valence-electron chi connectivity index (χ1n) is 5.57. The van der Waals surface area contributed by atoms with Crippen molar-refractivity contribution in [3.63, 3.8) is 0 Å². The zero-order valence-corrected chi connectivity index (χ0v) is 9.91. The second-order valence-electron chi connectivity index (χ2n) is 4.41. The lowest BCUT2D eigenvalue weighted by Crippen LogP contribution is -1.88. The van der Waals surface area contributed by atoms with Crippen molar-refractivity contribution in [2.24, 2.45) is 7.05 Å². The third-order valence-electron chi connectivity index (χ3n) is 2.94. The Kier molecular flexibility index (Phi) is 2.51. The van der Waals surface area contributed by atoms with E-state index in [0.717, 1.165) is 11.9 Å². The molecule has 0 aliphatic carbocycles. The van der Waals surface area contributed by atoms with Gasteiger partial charge in [-0.3, -0.25) is 4.98 Å². The molecule has 0 amide bonds. The third-order valence-corrected chi connectivity index (χ3v) is 2.94. The minimum Gasteiger partial charge on any atom is -0.349 e. The van der Waals surface area contributed by atoms with E-state index in [-0.39, 0.29) is 0 Å². The molecule has 0 radical (unpaired) electrons. The van der Waals surface area contributed by atoms with Gasteiger partial charge in [0.1, 0.15) is 0 Å². The fourth-order valence-electron chi connectivity index (χ4n) is 1.94. The molecule has 0 aromatic carbocycles. The van der Waals surface area contributed by atoms with Gasteiger partial charge in [-0.15, -0.1) is 0 Å². The quantitative estimate of drug-likeness (QED) is 0.731. The normalized spacial score (nSPS) is 11.5. The van der Waals surface area contributed by atoms with Gasteiger partial charge in [-0.2, -0.15) is 0 Å². The molecule has 2 heterocycles. The highest BCUT2D eigenvalue weighted by Gasteiger charge is 2.10. The van der Waals surface area contributed by atoms with Gasteiger partial charge in [-0.25, -0.2) is 0 Å². The van der Waals surface area contributed by atoms with Gasteiger partial charge in [0.15, 0.2) is 0 Å². The van der Waals surface area contributed by atoms with Crippen LogP contribution in [-0.2, 0) is 13.5 Å². The summed E-state index contributed by atoms with van der Waals surface area (Å²) in [6, 6.07) is 2.24. The van der Waals surface area contributed by atoms with Crippen LogP contribution >= 0.6 is 0 Å². The fourth-order valence-corrected chi connectivity index (χ4v) is 1.94. The van der Waals surface area contributed by atoms with Crippen LogP contribution in [0.25, 0.3) is 11.0 Å². The van der Waals surface area contributed by atoms with Gasteiger partial charge in [-0.1, -0.05) is 20.8 Å². The van der Waals surface area contributed by atoms with Crippen molar-refractivity contribution in [2.75, 3.05) is 0 Å². The number of rotatable bonds is 2. The van der Waals surface area contributed by atoms with E-state index in [0.29, 0.717) is 5.92 Å². The van der Waals surface area contributed by atoms with Crippen molar-refractivity contribution in [1.82, 2.24) is 9.55 Å². The molecular weight excluding hydrogens is 184 g/mol. The van der Waals surface area contributed by atoms with Crippen LogP contribution in [0.3, 0.4) is 0 Å². The Labute approximate surface area is 90.9 Å². The van der Waals surface area contributed by atoms with Gasteiger partial charge >= 0.3 is 0 Å². The average molecular weight is 202 g/mol. The minimum atomic E-state index is 0.536. The largest absolute Gasteiger partial charge is 0.349 e. The van der Waals surface area contributed by atoms with E-state index >= 15 is 0 Å². The molecule has 0 atom stereocenters. The number of aryl methyl sites for hydroxylation is 2. The lowest BCUT2D eigenvalue weighted by molar-refractivity contribution is 0.855.